The van der Waals surface area contributed by atoms with Gasteiger partial charge in [-0.25, -0.2) is 22.4 Å². The zero-order valence-corrected chi connectivity index (χ0v) is 26.3. The van der Waals surface area contributed by atoms with E-state index in [-0.39, 0.29) is 51.3 Å². The molecule has 0 fully saturated rings. The average molecular weight is 625 g/mol. The Morgan fingerprint density at radius 2 is 1.88 bits per heavy atom. The molecule has 13 heteroatoms. The van der Waals surface area contributed by atoms with E-state index in [0.29, 0.717) is 30.6 Å². The molecule has 0 radical (unpaired) electrons. The molecular weight excluding hydrogens is 587 g/mol. The van der Waals surface area contributed by atoms with Crippen LogP contribution >= 0.6 is 11.6 Å². The molecule has 0 aliphatic rings. The number of carbonyl (C=O) groups excluding carboxylic acids is 1. The molecule has 2 N–H and O–H groups in total. The summed E-state index contributed by atoms with van der Waals surface area (Å²) in [5.74, 6) is -1.07. The molecule has 3 rings (SSSR count). The van der Waals surface area contributed by atoms with Gasteiger partial charge in [-0.1, -0.05) is 44.5 Å². The van der Waals surface area contributed by atoms with Gasteiger partial charge in [-0.05, 0) is 42.8 Å². The second kappa shape index (κ2) is 14.3. The number of benzene rings is 2. The molecule has 42 heavy (non-hydrogen) atoms. The largest absolute Gasteiger partial charge is 0.422 e. The molecule has 2 aromatic carbocycles. The first-order valence-electron chi connectivity index (χ1n) is 13.6. The smallest absolute Gasteiger partial charge is 0.414 e. The number of halogens is 2. The van der Waals surface area contributed by atoms with Crippen molar-refractivity contribution in [1.82, 2.24) is 15.1 Å². The Hall–Kier alpha value is -3.19. The third kappa shape index (κ3) is 8.66. The zero-order valence-electron chi connectivity index (χ0n) is 24.7. The van der Waals surface area contributed by atoms with Crippen molar-refractivity contribution in [3.63, 3.8) is 0 Å². The van der Waals surface area contributed by atoms with Gasteiger partial charge in [0.25, 0.3) is 0 Å². The van der Waals surface area contributed by atoms with Crippen LogP contribution in [0.1, 0.15) is 37.5 Å². The summed E-state index contributed by atoms with van der Waals surface area (Å²) in [5.41, 5.74) is 0.143. The number of nitrogens with one attached hydrogen (secondary N) is 2. The summed E-state index contributed by atoms with van der Waals surface area (Å²) in [6, 6.07) is 7.30. The number of nitrogens with zero attached hydrogens (tertiary/aromatic N) is 2. The Balaban J connectivity index is 2.11. The van der Waals surface area contributed by atoms with Gasteiger partial charge in [-0.3, -0.25) is 4.72 Å². The highest BCUT2D eigenvalue weighted by atomic mass is 35.5. The van der Waals surface area contributed by atoms with E-state index in [0.717, 1.165) is 6.54 Å². The number of rotatable bonds is 13. The van der Waals surface area contributed by atoms with Gasteiger partial charge in [0.05, 0.1) is 16.5 Å². The summed E-state index contributed by atoms with van der Waals surface area (Å²) in [4.78, 5) is 28.7. The van der Waals surface area contributed by atoms with E-state index in [9.17, 15) is 18.0 Å². The number of likely N-dealkylation sites (N-methyl/N-ethyl adjacent to an activating group) is 2. The maximum absolute atomic E-state index is 15.6. The van der Waals surface area contributed by atoms with Gasteiger partial charge in [0.2, 0.25) is 10.0 Å². The van der Waals surface area contributed by atoms with Gasteiger partial charge in [0.15, 0.2) is 11.6 Å². The molecule has 0 atom stereocenters. The average Bonchev–Trinajstić information content (AvgIpc) is 2.88. The summed E-state index contributed by atoms with van der Waals surface area (Å²) >= 11 is 6.49. The van der Waals surface area contributed by atoms with E-state index in [2.05, 4.69) is 10.0 Å². The summed E-state index contributed by atoms with van der Waals surface area (Å²) < 4.78 is 53.9. The van der Waals surface area contributed by atoms with Gasteiger partial charge in [-0.15, -0.1) is 0 Å². The molecule has 3 aromatic rings. The van der Waals surface area contributed by atoms with E-state index in [1.165, 1.54) is 43.3 Å². The van der Waals surface area contributed by atoms with Crippen LogP contribution in [0, 0.1) is 11.7 Å². The summed E-state index contributed by atoms with van der Waals surface area (Å²) in [6.07, 6.45) is -0.812. The highest BCUT2D eigenvalue weighted by molar-refractivity contribution is 7.92. The summed E-state index contributed by atoms with van der Waals surface area (Å²) in [5, 5.41) is 3.88. The fourth-order valence-electron chi connectivity index (χ4n) is 4.35. The molecule has 0 saturated carbocycles. The van der Waals surface area contributed by atoms with Gasteiger partial charge in [0, 0.05) is 57.2 Å². The summed E-state index contributed by atoms with van der Waals surface area (Å²) in [7, 11) is 1.16. The topological polar surface area (TPSA) is 121 Å². The van der Waals surface area contributed by atoms with E-state index in [1.807, 2.05) is 18.9 Å². The Kier molecular flexibility index (Phi) is 11.4. The molecule has 230 valence electrons. The molecule has 1 aromatic heterocycles. The number of anilines is 1. The first kappa shape index (κ1) is 33.3. The Labute approximate surface area is 250 Å². The fourth-order valence-corrected chi connectivity index (χ4v) is 6.01. The highest BCUT2D eigenvalue weighted by Crippen LogP contribution is 2.34. The van der Waals surface area contributed by atoms with Crippen molar-refractivity contribution < 1.29 is 26.8 Å². The minimum absolute atomic E-state index is 0.0256. The predicted molar refractivity (Wildman–Crippen MR) is 164 cm³/mol. The van der Waals surface area contributed by atoms with Crippen LogP contribution < -0.4 is 20.4 Å². The Morgan fingerprint density at radius 3 is 2.52 bits per heavy atom. The Morgan fingerprint density at radius 1 is 1.17 bits per heavy atom. The summed E-state index contributed by atoms with van der Waals surface area (Å²) in [6.45, 7) is 7.98. The molecule has 0 aliphatic heterocycles. The zero-order chi connectivity index (χ0) is 31.2. The third-order valence-electron chi connectivity index (χ3n) is 6.35. The van der Waals surface area contributed by atoms with Crippen molar-refractivity contribution in [3.05, 3.63) is 68.3 Å². The van der Waals surface area contributed by atoms with Crippen LogP contribution in [-0.2, 0) is 23.0 Å². The Bertz CT molecular complexity index is 1590. The molecule has 1 amide bonds. The minimum Gasteiger partial charge on any atom is -0.422 e. The normalized spacial score (nSPS) is 11.9. The predicted octanol–water partition coefficient (Wildman–Crippen LogP) is 4.68. The van der Waals surface area contributed by atoms with Crippen molar-refractivity contribution in [3.8, 4) is 5.75 Å². The van der Waals surface area contributed by atoms with Crippen molar-refractivity contribution in [2.75, 3.05) is 51.3 Å². The van der Waals surface area contributed by atoms with Crippen LogP contribution in [0.4, 0.5) is 14.9 Å². The van der Waals surface area contributed by atoms with Crippen molar-refractivity contribution >= 4 is 44.4 Å². The van der Waals surface area contributed by atoms with E-state index in [1.54, 1.807) is 19.9 Å². The molecular formula is C29H38ClFN4O6S. The monoisotopic (exact) mass is 624 g/mol. The highest BCUT2D eigenvalue weighted by Gasteiger charge is 2.23. The van der Waals surface area contributed by atoms with Crippen LogP contribution in [0.15, 0.2) is 39.5 Å². The van der Waals surface area contributed by atoms with Gasteiger partial charge >= 0.3 is 11.7 Å². The molecule has 1 heterocycles. The molecule has 0 spiro atoms. The van der Waals surface area contributed by atoms with Crippen molar-refractivity contribution in [2.45, 2.75) is 33.7 Å². The van der Waals surface area contributed by atoms with Crippen LogP contribution in [0.25, 0.3) is 11.0 Å². The van der Waals surface area contributed by atoms with E-state index < -0.39 is 27.6 Å². The lowest BCUT2D eigenvalue weighted by atomic mass is 9.97. The van der Waals surface area contributed by atoms with E-state index in [4.69, 9.17) is 20.8 Å². The lowest BCUT2D eigenvalue weighted by molar-refractivity contribution is 0.172. The molecule has 10 nitrogen and oxygen atoms in total. The first-order chi connectivity index (χ1) is 19.7. The van der Waals surface area contributed by atoms with Gasteiger partial charge in [0.1, 0.15) is 5.58 Å². The second-order valence-corrected chi connectivity index (χ2v) is 12.9. The first-order valence-corrected chi connectivity index (χ1v) is 15.6. The number of amides is 1. The number of ether oxygens (including phenoxy) is 1. The quantitative estimate of drug-likeness (QED) is 0.208. The lowest BCUT2D eigenvalue weighted by Crippen LogP contribution is -2.30. The van der Waals surface area contributed by atoms with Gasteiger partial charge in [-0.2, -0.15) is 0 Å². The van der Waals surface area contributed by atoms with Crippen molar-refractivity contribution in [2.24, 2.45) is 5.92 Å². The molecule has 0 bridgehead atoms. The molecule has 0 unspecified atom stereocenters. The van der Waals surface area contributed by atoms with Crippen LogP contribution in [0.3, 0.4) is 0 Å². The van der Waals surface area contributed by atoms with Gasteiger partial charge < -0.3 is 24.3 Å². The maximum Gasteiger partial charge on any atom is 0.414 e. The third-order valence-corrected chi connectivity index (χ3v) is 8.28. The number of hydrogen-bond donors (Lipinski definition) is 2. The van der Waals surface area contributed by atoms with Crippen molar-refractivity contribution in [1.29, 1.82) is 0 Å². The van der Waals surface area contributed by atoms with Crippen LogP contribution in [0.2, 0.25) is 5.02 Å². The standard InChI is InChI=1S/C29H38ClFN4O6S/c1-7-32-11-12-35(6)16-22-20-14-23(30)26(41-29(37)34(4)5)15-25(20)40-28(36)21(22)13-19-9-8-10-24(27(19)31)33-42(38,39)17-18(2)3/h8-10,14-15,18,32-33H,7,11-13,16-17H2,1-6H3. The molecule has 0 aliphatic carbocycles. The van der Waals surface area contributed by atoms with Crippen LogP contribution in [-0.4, -0.2) is 70.8 Å². The number of fused-ring (bicyclic) bond motifs is 1. The number of hydrogen-bond acceptors (Lipinski definition) is 8. The molecule has 0 saturated heterocycles. The minimum atomic E-state index is -3.78. The number of carbonyl (C=O) groups is 1. The second-order valence-electron chi connectivity index (χ2n) is 10.7. The number of sulfonamides is 1. The van der Waals surface area contributed by atoms with Crippen LogP contribution in [0.5, 0.6) is 5.75 Å². The SMILES string of the molecule is CCNCCN(C)Cc1c(Cc2cccc(NS(=O)(=O)CC(C)C)c2F)c(=O)oc2cc(OC(=O)N(C)C)c(Cl)cc12. The maximum atomic E-state index is 15.6. The fraction of sp³-hybridized carbons (Fsp3) is 0.448. The lowest BCUT2D eigenvalue weighted by Gasteiger charge is -2.21. The van der Waals surface area contributed by atoms with E-state index >= 15 is 4.39 Å².